The van der Waals surface area contributed by atoms with Gasteiger partial charge >= 0.3 is 0 Å². The summed E-state index contributed by atoms with van der Waals surface area (Å²) in [5, 5.41) is 7.49. The minimum Gasteiger partial charge on any atom is -0.358 e. The average Bonchev–Trinajstić information content (AvgIpc) is 3.83. The Morgan fingerprint density at radius 1 is 0.509 bits per heavy atom. The molecule has 57 heavy (non-hydrogen) atoms. The number of aromatic nitrogens is 1. The second-order valence-electron chi connectivity index (χ2n) is 14.4. The molecule has 11 rings (SSSR count). The van der Waals surface area contributed by atoms with E-state index in [0.29, 0.717) is 0 Å². The first-order chi connectivity index (χ1) is 28.3. The third-order valence-electron chi connectivity index (χ3n) is 11.0. The smallest absolute Gasteiger partial charge is 0.134 e. The fourth-order valence-corrected chi connectivity index (χ4v) is 9.66. The molecule has 0 bridgehead atoms. The fraction of sp³-hybridized carbons (Fsp3) is 0.0192. The van der Waals surface area contributed by atoms with E-state index >= 15 is 0 Å². The Bertz CT molecular complexity index is 3060. The fourth-order valence-electron chi connectivity index (χ4n) is 8.44. The monoisotopic (exact) mass is 748 g/mol. The van der Waals surface area contributed by atoms with Gasteiger partial charge in [0.15, 0.2) is 0 Å². The van der Waals surface area contributed by atoms with Crippen molar-refractivity contribution in [2.45, 2.75) is 6.04 Å². The highest BCUT2D eigenvalue weighted by molar-refractivity contribution is 7.19. The van der Waals surface area contributed by atoms with Crippen molar-refractivity contribution in [3.8, 4) is 16.8 Å². The zero-order valence-corrected chi connectivity index (χ0v) is 31.8. The maximum atomic E-state index is 5.46. The van der Waals surface area contributed by atoms with Gasteiger partial charge in [0.2, 0.25) is 0 Å². The highest BCUT2D eigenvalue weighted by atomic mass is 32.1. The van der Waals surface area contributed by atoms with Crippen molar-refractivity contribution in [1.29, 1.82) is 0 Å². The van der Waals surface area contributed by atoms with Crippen LogP contribution >= 0.6 is 11.3 Å². The standard InChI is InChI=1S/C52H36N4S/c1-5-17-35(18-6-1)36-19-15-20-37(33-36)49-51-50(42-27-13-14-30-47(42)57-51)54-52(53-49)38-31-32-44-43(34-38)48-45(28-16-29-46(48)56(44)41-25-11-4-12-26-41)55(39-21-7-2-8-22-39)40-23-9-3-10-24-40/h1-34,49H,(H,53,54). The van der Waals surface area contributed by atoms with Gasteiger partial charge in [0.05, 0.1) is 33.3 Å². The molecule has 8 aromatic carbocycles. The Hall–Kier alpha value is -7.21. The van der Waals surface area contributed by atoms with Crippen LogP contribution in [0.2, 0.25) is 0 Å². The summed E-state index contributed by atoms with van der Waals surface area (Å²) in [6.07, 6.45) is 0. The van der Waals surface area contributed by atoms with Gasteiger partial charge in [-0.15, -0.1) is 11.3 Å². The number of nitrogens with one attached hydrogen (secondary N) is 1. The van der Waals surface area contributed by atoms with Gasteiger partial charge in [-0.2, -0.15) is 0 Å². The first kappa shape index (κ1) is 33.2. The lowest BCUT2D eigenvalue weighted by Gasteiger charge is -2.27. The molecule has 0 saturated carbocycles. The molecule has 0 amide bonds. The van der Waals surface area contributed by atoms with Crippen LogP contribution in [0.1, 0.15) is 22.0 Å². The number of nitrogens with zero attached hydrogens (tertiary/aromatic N) is 3. The van der Waals surface area contributed by atoms with Crippen molar-refractivity contribution >= 4 is 71.8 Å². The van der Waals surface area contributed by atoms with Crippen LogP contribution < -0.4 is 10.2 Å². The van der Waals surface area contributed by atoms with Crippen LogP contribution in [0.15, 0.2) is 211 Å². The van der Waals surface area contributed by atoms with E-state index in [9.17, 15) is 0 Å². The van der Waals surface area contributed by atoms with Crippen LogP contribution in [0.5, 0.6) is 0 Å². The number of anilines is 3. The minimum absolute atomic E-state index is 0.0721. The lowest BCUT2D eigenvalue weighted by Crippen LogP contribution is -2.32. The summed E-state index contributed by atoms with van der Waals surface area (Å²) < 4.78 is 3.64. The summed E-state index contributed by atoms with van der Waals surface area (Å²) in [6.45, 7) is 0. The number of benzene rings is 8. The van der Waals surface area contributed by atoms with Gasteiger partial charge in [0, 0.05) is 43.5 Å². The summed E-state index contributed by atoms with van der Waals surface area (Å²) in [5.41, 5.74) is 12.4. The van der Waals surface area contributed by atoms with Crippen molar-refractivity contribution in [3.05, 3.63) is 222 Å². The molecule has 2 aromatic heterocycles. The molecule has 1 N–H and O–H groups in total. The van der Waals surface area contributed by atoms with Crippen LogP contribution in [0.3, 0.4) is 0 Å². The number of rotatable bonds is 7. The summed E-state index contributed by atoms with van der Waals surface area (Å²) >= 11 is 1.83. The summed E-state index contributed by atoms with van der Waals surface area (Å²) in [6, 6.07) is 73.7. The number of hydrogen-bond donors (Lipinski definition) is 1. The zero-order chi connectivity index (χ0) is 37.7. The van der Waals surface area contributed by atoms with Gasteiger partial charge in [-0.25, -0.2) is 4.99 Å². The number of fused-ring (bicyclic) bond motifs is 6. The summed E-state index contributed by atoms with van der Waals surface area (Å²) in [4.78, 5) is 9.07. The van der Waals surface area contributed by atoms with Gasteiger partial charge in [-0.05, 0) is 95.6 Å². The molecule has 270 valence electrons. The summed E-state index contributed by atoms with van der Waals surface area (Å²) in [5.74, 6) is 0.865. The molecular formula is C52H36N4S. The highest BCUT2D eigenvalue weighted by Gasteiger charge is 2.29. The van der Waals surface area contributed by atoms with E-state index in [1.165, 1.54) is 37.0 Å². The number of para-hydroxylation sites is 3. The predicted octanol–water partition coefficient (Wildman–Crippen LogP) is 13.9. The molecule has 0 saturated heterocycles. The maximum Gasteiger partial charge on any atom is 0.134 e. The molecule has 10 aromatic rings. The maximum absolute atomic E-state index is 5.46. The lowest BCUT2D eigenvalue weighted by molar-refractivity contribution is 0.766. The summed E-state index contributed by atoms with van der Waals surface area (Å²) in [7, 11) is 0. The van der Waals surface area contributed by atoms with Crippen LogP contribution in [-0.2, 0) is 0 Å². The van der Waals surface area contributed by atoms with E-state index in [1.54, 1.807) is 0 Å². The largest absolute Gasteiger partial charge is 0.358 e. The Balaban J connectivity index is 1.14. The molecule has 4 nitrogen and oxygen atoms in total. The second-order valence-corrected chi connectivity index (χ2v) is 15.5. The molecule has 3 heterocycles. The minimum atomic E-state index is -0.0721. The number of aliphatic imine (C=N–C) groups is 1. The van der Waals surface area contributed by atoms with E-state index in [-0.39, 0.29) is 6.04 Å². The number of thiophene rings is 1. The predicted molar refractivity (Wildman–Crippen MR) is 240 cm³/mol. The molecule has 1 unspecified atom stereocenters. The third-order valence-corrected chi connectivity index (χ3v) is 12.2. The number of hydrogen-bond acceptors (Lipinski definition) is 4. The van der Waals surface area contributed by atoms with Crippen molar-refractivity contribution in [1.82, 2.24) is 9.88 Å². The molecule has 1 aliphatic heterocycles. The molecule has 0 fully saturated rings. The average molecular weight is 749 g/mol. The van der Waals surface area contributed by atoms with Crippen molar-refractivity contribution < 1.29 is 0 Å². The Kier molecular flexibility index (Phi) is 8.04. The normalized spacial score (nSPS) is 13.7. The molecule has 0 aliphatic carbocycles. The van der Waals surface area contributed by atoms with Gasteiger partial charge < -0.3 is 14.8 Å². The molecule has 1 atom stereocenters. The Labute approximate surface area is 335 Å². The van der Waals surface area contributed by atoms with E-state index in [0.717, 1.165) is 56.3 Å². The Morgan fingerprint density at radius 2 is 1.16 bits per heavy atom. The van der Waals surface area contributed by atoms with Crippen LogP contribution in [0.4, 0.5) is 22.7 Å². The van der Waals surface area contributed by atoms with E-state index < -0.39 is 0 Å². The first-order valence-electron chi connectivity index (χ1n) is 19.3. The molecule has 0 radical (unpaired) electrons. The van der Waals surface area contributed by atoms with Gasteiger partial charge in [-0.3, -0.25) is 0 Å². The van der Waals surface area contributed by atoms with Crippen molar-refractivity contribution in [3.63, 3.8) is 0 Å². The van der Waals surface area contributed by atoms with Gasteiger partial charge in [0.1, 0.15) is 5.84 Å². The van der Waals surface area contributed by atoms with Gasteiger partial charge in [-0.1, -0.05) is 127 Å². The third kappa shape index (κ3) is 5.71. The van der Waals surface area contributed by atoms with E-state index in [2.05, 4.69) is 221 Å². The quantitative estimate of drug-likeness (QED) is 0.176. The highest BCUT2D eigenvalue weighted by Crippen LogP contribution is 2.47. The van der Waals surface area contributed by atoms with Crippen LogP contribution in [0, 0.1) is 0 Å². The molecular weight excluding hydrogens is 713 g/mol. The molecule has 5 heteroatoms. The first-order valence-corrected chi connectivity index (χ1v) is 20.2. The molecule has 1 aliphatic rings. The van der Waals surface area contributed by atoms with E-state index in [4.69, 9.17) is 4.99 Å². The van der Waals surface area contributed by atoms with Gasteiger partial charge in [0.25, 0.3) is 0 Å². The SMILES string of the molecule is c1ccc(-c2cccc(C3NC(c4ccc5c(c4)c4c(N(c6ccccc6)c6ccccc6)cccc4n5-c4ccccc4)=Nc4c3sc3ccccc43)c2)cc1. The van der Waals surface area contributed by atoms with Crippen LogP contribution in [-0.4, -0.2) is 10.4 Å². The van der Waals surface area contributed by atoms with E-state index in [1.807, 2.05) is 11.3 Å². The van der Waals surface area contributed by atoms with Crippen molar-refractivity contribution in [2.24, 2.45) is 4.99 Å². The zero-order valence-electron chi connectivity index (χ0n) is 31.0. The van der Waals surface area contributed by atoms with Crippen LogP contribution in [0.25, 0.3) is 48.7 Å². The lowest BCUT2D eigenvalue weighted by atomic mass is 9.96. The molecule has 0 spiro atoms. The topological polar surface area (TPSA) is 32.6 Å². The second kappa shape index (κ2) is 13.8. The number of amidine groups is 1. The van der Waals surface area contributed by atoms with Crippen molar-refractivity contribution in [2.75, 3.05) is 4.90 Å². The Morgan fingerprint density at radius 3 is 1.91 bits per heavy atom.